The van der Waals surface area contributed by atoms with Crippen LogP contribution in [-0.2, 0) is 28.6 Å². The summed E-state index contributed by atoms with van der Waals surface area (Å²) in [7, 11) is 0. The molecule has 2 saturated heterocycles. The van der Waals surface area contributed by atoms with Crippen LogP contribution in [0.5, 0.6) is 0 Å². The van der Waals surface area contributed by atoms with Crippen molar-refractivity contribution >= 4 is 17.9 Å². The lowest BCUT2D eigenvalue weighted by molar-refractivity contribution is -0.225. The van der Waals surface area contributed by atoms with E-state index in [0.29, 0.717) is 13.0 Å². The predicted octanol–water partition coefficient (Wildman–Crippen LogP) is -0.380. The summed E-state index contributed by atoms with van der Waals surface area (Å²) in [5, 5.41) is 10.9. The van der Waals surface area contributed by atoms with Crippen LogP contribution in [0.4, 0.5) is 0 Å². The molecule has 0 aromatic rings. The Morgan fingerprint density at radius 1 is 1.04 bits per heavy atom. The standard InChI is InChI=1S/C15H23NO7/c1-8(17)21-11-5-6-16-7-12(22-9(2)18)15(4,20)14(13(11)16)23-10(3)19/h11-14,20H,5-7H2,1-4H3/t11-,12-,13+,14+,15-/m0/s1. The molecule has 0 unspecified atom stereocenters. The molecule has 0 saturated carbocycles. The molecule has 130 valence electrons. The van der Waals surface area contributed by atoms with Gasteiger partial charge in [0.05, 0.1) is 6.04 Å². The van der Waals surface area contributed by atoms with E-state index in [9.17, 15) is 19.5 Å². The minimum Gasteiger partial charge on any atom is -0.461 e. The van der Waals surface area contributed by atoms with Crippen molar-refractivity contribution in [3.05, 3.63) is 0 Å². The highest BCUT2D eigenvalue weighted by molar-refractivity contribution is 5.67. The van der Waals surface area contributed by atoms with Gasteiger partial charge in [0.1, 0.15) is 17.8 Å². The van der Waals surface area contributed by atoms with Crippen LogP contribution in [0.25, 0.3) is 0 Å². The molecule has 0 aromatic heterocycles. The molecule has 2 aliphatic heterocycles. The lowest BCUT2D eigenvalue weighted by Gasteiger charge is -2.49. The minimum atomic E-state index is -1.58. The van der Waals surface area contributed by atoms with Gasteiger partial charge in [0.25, 0.3) is 0 Å². The van der Waals surface area contributed by atoms with Crippen molar-refractivity contribution < 1.29 is 33.7 Å². The third-order valence-corrected chi connectivity index (χ3v) is 4.36. The molecule has 2 fully saturated rings. The Hall–Kier alpha value is -1.67. The number of ether oxygens (including phenoxy) is 3. The van der Waals surface area contributed by atoms with Gasteiger partial charge in [-0.1, -0.05) is 0 Å². The van der Waals surface area contributed by atoms with Gasteiger partial charge in [0, 0.05) is 33.9 Å². The zero-order valence-electron chi connectivity index (χ0n) is 13.8. The van der Waals surface area contributed by atoms with Gasteiger partial charge in [-0.15, -0.1) is 0 Å². The number of esters is 3. The molecule has 23 heavy (non-hydrogen) atoms. The number of hydrogen-bond acceptors (Lipinski definition) is 8. The number of piperidine rings is 1. The van der Waals surface area contributed by atoms with Gasteiger partial charge in [-0.05, 0) is 13.3 Å². The van der Waals surface area contributed by atoms with Crippen LogP contribution >= 0.6 is 0 Å². The summed E-state index contributed by atoms with van der Waals surface area (Å²) >= 11 is 0. The van der Waals surface area contributed by atoms with Gasteiger partial charge in [-0.25, -0.2) is 0 Å². The van der Waals surface area contributed by atoms with Gasteiger partial charge in [-0.2, -0.15) is 0 Å². The van der Waals surface area contributed by atoms with Gasteiger partial charge >= 0.3 is 17.9 Å². The maximum atomic E-state index is 11.5. The number of aliphatic hydroxyl groups is 1. The topological polar surface area (TPSA) is 102 Å². The molecule has 1 N–H and O–H groups in total. The Labute approximate surface area is 134 Å². The lowest BCUT2D eigenvalue weighted by Crippen LogP contribution is -2.69. The van der Waals surface area contributed by atoms with E-state index in [-0.39, 0.29) is 6.54 Å². The molecular weight excluding hydrogens is 306 g/mol. The van der Waals surface area contributed by atoms with Crippen molar-refractivity contribution in [2.24, 2.45) is 0 Å². The molecule has 0 aromatic carbocycles. The van der Waals surface area contributed by atoms with E-state index in [2.05, 4.69) is 0 Å². The van der Waals surface area contributed by atoms with Gasteiger partial charge in [0.2, 0.25) is 0 Å². The molecular formula is C15H23NO7. The van der Waals surface area contributed by atoms with Crippen molar-refractivity contribution in [2.45, 2.75) is 64.1 Å². The number of carbonyl (C=O) groups is 3. The number of hydrogen-bond donors (Lipinski definition) is 1. The molecule has 2 rings (SSSR count). The van der Waals surface area contributed by atoms with Gasteiger partial charge < -0.3 is 19.3 Å². The van der Waals surface area contributed by atoms with Crippen molar-refractivity contribution in [1.29, 1.82) is 0 Å². The maximum Gasteiger partial charge on any atom is 0.303 e. The van der Waals surface area contributed by atoms with E-state index in [4.69, 9.17) is 14.2 Å². The second kappa shape index (κ2) is 6.45. The summed E-state index contributed by atoms with van der Waals surface area (Å²) in [6, 6.07) is -0.468. The molecule has 0 radical (unpaired) electrons. The quantitative estimate of drug-likeness (QED) is 0.552. The first-order valence-electron chi connectivity index (χ1n) is 7.61. The second-order valence-electron chi connectivity index (χ2n) is 6.28. The molecule has 0 amide bonds. The number of nitrogens with zero attached hydrogens (tertiary/aromatic N) is 1. The SMILES string of the molecule is CC(=O)O[C@H]1CCN2C[C@H](OC(C)=O)[C@](C)(O)[C@H](OC(C)=O)[C@@H]12. The molecule has 0 aliphatic carbocycles. The number of fused-ring (bicyclic) bond motifs is 1. The first kappa shape index (κ1) is 17.7. The van der Waals surface area contributed by atoms with Crippen LogP contribution < -0.4 is 0 Å². The minimum absolute atomic E-state index is 0.285. The van der Waals surface area contributed by atoms with Crippen LogP contribution in [-0.4, -0.2) is 71.0 Å². The fourth-order valence-electron chi connectivity index (χ4n) is 3.44. The fraction of sp³-hybridized carbons (Fsp3) is 0.800. The molecule has 0 spiro atoms. The zero-order chi connectivity index (χ0) is 17.4. The lowest BCUT2D eigenvalue weighted by atomic mass is 9.81. The van der Waals surface area contributed by atoms with Crippen molar-refractivity contribution in [2.75, 3.05) is 13.1 Å². The van der Waals surface area contributed by atoms with E-state index >= 15 is 0 Å². The zero-order valence-corrected chi connectivity index (χ0v) is 13.8. The van der Waals surface area contributed by atoms with Crippen LogP contribution in [0.3, 0.4) is 0 Å². The van der Waals surface area contributed by atoms with E-state index in [1.54, 1.807) is 0 Å². The first-order chi connectivity index (χ1) is 10.6. The summed E-state index contributed by atoms with van der Waals surface area (Å²) in [6.45, 7) is 6.15. The summed E-state index contributed by atoms with van der Waals surface area (Å²) < 4.78 is 15.9. The van der Waals surface area contributed by atoms with E-state index in [0.717, 1.165) is 0 Å². The molecule has 8 heteroatoms. The first-order valence-corrected chi connectivity index (χ1v) is 7.61. The third-order valence-electron chi connectivity index (χ3n) is 4.36. The smallest absolute Gasteiger partial charge is 0.303 e. The van der Waals surface area contributed by atoms with Crippen LogP contribution in [0, 0.1) is 0 Å². The van der Waals surface area contributed by atoms with Gasteiger partial charge in [-0.3, -0.25) is 19.3 Å². The summed E-state index contributed by atoms with van der Waals surface area (Å²) in [5.74, 6) is -1.52. The highest BCUT2D eigenvalue weighted by Gasteiger charge is 2.59. The van der Waals surface area contributed by atoms with E-state index < -0.39 is 47.9 Å². The van der Waals surface area contributed by atoms with E-state index in [1.165, 1.54) is 27.7 Å². The monoisotopic (exact) mass is 329 g/mol. The Morgan fingerprint density at radius 3 is 2.13 bits per heavy atom. The average Bonchev–Trinajstić information content (AvgIpc) is 2.75. The van der Waals surface area contributed by atoms with Crippen LogP contribution in [0.1, 0.15) is 34.1 Å². The molecule has 5 atom stereocenters. The average molecular weight is 329 g/mol. The summed E-state index contributed by atoms with van der Waals surface area (Å²) in [4.78, 5) is 36.0. The molecule has 0 bridgehead atoms. The summed E-state index contributed by atoms with van der Waals surface area (Å²) in [5.41, 5.74) is -1.58. The number of carbonyl (C=O) groups excluding carboxylic acids is 3. The fourth-order valence-corrected chi connectivity index (χ4v) is 3.44. The maximum absolute atomic E-state index is 11.5. The van der Waals surface area contributed by atoms with Crippen molar-refractivity contribution in [3.63, 3.8) is 0 Å². The highest BCUT2D eigenvalue weighted by atomic mass is 16.6. The van der Waals surface area contributed by atoms with Crippen molar-refractivity contribution in [3.8, 4) is 0 Å². The normalized spacial score (nSPS) is 36.9. The predicted molar refractivity (Wildman–Crippen MR) is 77.3 cm³/mol. The Morgan fingerprint density at radius 2 is 1.61 bits per heavy atom. The van der Waals surface area contributed by atoms with E-state index in [1.807, 2.05) is 4.90 Å². The third kappa shape index (κ3) is 3.64. The van der Waals surface area contributed by atoms with Gasteiger partial charge in [0.15, 0.2) is 6.10 Å². The Kier molecular flexibility index (Phi) is 4.95. The largest absolute Gasteiger partial charge is 0.461 e. The molecule has 8 nitrogen and oxygen atoms in total. The Bertz CT molecular complexity index is 504. The molecule has 2 aliphatic rings. The Balaban J connectivity index is 2.31. The number of rotatable bonds is 3. The molecule has 2 heterocycles. The highest BCUT2D eigenvalue weighted by Crippen LogP contribution is 2.38. The summed E-state index contributed by atoms with van der Waals surface area (Å²) in [6.07, 6.45) is -1.73. The second-order valence-corrected chi connectivity index (χ2v) is 6.28. The van der Waals surface area contributed by atoms with Crippen molar-refractivity contribution in [1.82, 2.24) is 4.90 Å². The van der Waals surface area contributed by atoms with Crippen LogP contribution in [0.15, 0.2) is 0 Å². The van der Waals surface area contributed by atoms with Crippen LogP contribution in [0.2, 0.25) is 0 Å².